The first kappa shape index (κ1) is 14.7. The van der Waals surface area contributed by atoms with Crippen LogP contribution in [0.5, 0.6) is 0 Å². The predicted octanol–water partition coefficient (Wildman–Crippen LogP) is 4.50. The van der Waals surface area contributed by atoms with Gasteiger partial charge in [0.15, 0.2) is 0 Å². The Morgan fingerprint density at radius 3 is 1.48 bits per heavy atom. The molecular formula is C24H18Si. The Balaban J connectivity index is 1.65. The molecule has 25 heavy (non-hydrogen) atoms. The van der Waals surface area contributed by atoms with Crippen molar-refractivity contribution >= 4 is 26.1 Å². The van der Waals surface area contributed by atoms with Crippen molar-refractivity contribution < 1.29 is 0 Å². The van der Waals surface area contributed by atoms with Crippen LogP contribution in [0, 0.1) is 11.1 Å². The number of hydrogen-bond acceptors (Lipinski definition) is 0. The van der Waals surface area contributed by atoms with E-state index in [-0.39, 0.29) is 0 Å². The summed E-state index contributed by atoms with van der Waals surface area (Å²) in [4.78, 5) is 0. The fourth-order valence-corrected chi connectivity index (χ4v) is 7.41. The summed E-state index contributed by atoms with van der Waals surface area (Å²) in [5.74, 6) is 0. The van der Waals surface area contributed by atoms with Crippen molar-refractivity contribution in [3.05, 3.63) is 124 Å². The number of rotatable bonds is 3. The molecule has 0 aliphatic heterocycles. The molecule has 0 heterocycles. The predicted molar refractivity (Wildman–Crippen MR) is 109 cm³/mol. The van der Waals surface area contributed by atoms with Crippen molar-refractivity contribution in [1.82, 2.24) is 0 Å². The van der Waals surface area contributed by atoms with Gasteiger partial charge >= 0.3 is 0 Å². The summed E-state index contributed by atoms with van der Waals surface area (Å²) in [7, 11) is -1.51. The molecule has 0 saturated heterocycles. The number of hydrogen-bond donors (Lipinski definition) is 0. The molecule has 1 heteroatoms. The lowest BCUT2D eigenvalue weighted by molar-refractivity contribution is 1.41. The molecule has 2 radical (unpaired) electrons. The van der Waals surface area contributed by atoms with Crippen LogP contribution in [0.4, 0.5) is 0 Å². The van der Waals surface area contributed by atoms with Crippen molar-refractivity contribution in [2.24, 2.45) is 0 Å². The lowest BCUT2D eigenvalue weighted by Gasteiger charge is -2.27. The summed E-state index contributed by atoms with van der Waals surface area (Å²) >= 11 is 0. The highest BCUT2D eigenvalue weighted by Gasteiger charge is 2.37. The van der Waals surface area contributed by atoms with Gasteiger partial charge in [0.2, 0.25) is 0 Å². The van der Waals surface area contributed by atoms with Gasteiger partial charge in [-0.05, 0) is 22.3 Å². The molecule has 0 aromatic heterocycles. The molecule has 0 fully saturated rings. The largest absolute Gasteiger partial charge is 0.104 e. The molecule has 0 bridgehead atoms. The van der Waals surface area contributed by atoms with Gasteiger partial charge in [0.25, 0.3) is 0 Å². The van der Waals surface area contributed by atoms with Crippen LogP contribution in [0.1, 0.15) is 22.3 Å². The Morgan fingerprint density at radius 2 is 0.920 bits per heavy atom. The van der Waals surface area contributed by atoms with Gasteiger partial charge in [0.1, 0.15) is 8.80 Å². The van der Waals surface area contributed by atoms with E-state index >= 15 is 0 Å². The van der Waals surface area contributed by atoms with Crippen molar-refractivity contribution in [2.75, 3.05) is 0 Å². The first-order chi connectivity index (χ1) is 12.4. The third kappa shape index (κ3) is 2.43. The Hall–Kier alpha value is -2.64. The zero-order chi connectivity index (χ0) is 16.6. The summed E-state index contributed by atoms with van der Waals surface area (Å²) < 4.78 is 0. The van der Waals surface area contributed by atoms with Crippen molar-refractivity contribution in [1.29, 1.82) is 0 Å². The SMILES string of the molecule is C1=Cc2ccccc2[C]1[SiH]([C]1C=Cc2ccccc21)c1ccccc1. The fourth-order valence-electron chi connectivity index (χ4n) is 4.02. The standard InChI is InChI=1S/C24H18Si/c1-2-10-20(11-3-1)25(23-16-14-18-8-4-6-12-21(18)23)24-17-15-19-9-5-7-13-22(19)24/h1-17,25H. The molecule has 0 amide bonds. The lowest BCUT2D eigenvalue weighted by Crippen LogP contribution is -2.42. The number of benzene rings is 3. The molecule has 2 aliphatic rings. The van der Waals surface area contributed by atoms with E-state index < -0.39 is 8.80 Å². The normalized spacial score (nSPS) is 15.7. The summed E-state index contributed by atoms with van der Waals surface area (Å²) in [6, 6.07) is 28.6. The van der Waals surface area contributed by atoms with Crippen LogP contribution in [-0.4, -0.2) is 8.80 Å². The van der Waals surface area contributed by atoms with E-state index in [1.807, 2.05) is 0 Å². The molecular weight excluding hydrogens is 316 g/mol. The van der Waals surface area contributed by atoms with Crippen LogP contribution in [0.2, 0.25) is 0 Å². The van der Waals surface area contributed by atoms with E-state index in [1.165, 1.54) is 38.5 Å². The molecule has 118 valence electrons. The lowest BCUT2D eigenvalue weighted by atomic mass is 10.1. The highest BCUT2D eigenvalue weighted by Crippen LogP contribution is 2.39. The number of fused-ring (bicyclic) bond motifs is 2. The van der Waals surface area contributed by atoms with Gasteiger partial charge in [-0.15, -0.1) is 0 Å². The quantitative estimate of drug-likeness (QED) is 0.619. The molecule has 3 aromatic carbocycles. The number of allylic oxidation sites excluding steroid dienone is 2. The average Bonchev–Trinajstić information content (AvgIpc) is 3.29. The average molecular weight is 334 g/mol. The second-order valence-corrected chi connectivity index (χ2v) is 9.37. The highest BCUT2D eigenvalue weighted by molar-refractivity contribution is 6.86. The summed E-state index contributed by atoms with van der Waals surface area (Å²) in [5.41, 5.74) is 8.57. The Morgan fingerprint density at radius 1 is 0.440 bits per heavy atom. The Bertz CT molecular complexity index is 907. The Kier molecular flexibility index (Phi) is 3.53. The minimum atomic E-state index is -1.51. The third-order valence-corrected chi connectivity index (χ3v) is 8.49. The summed E-state index contributed by atoms with van der Waals surface area (Å²) in [5, 5.41) is 1.48. The van der Waals surface area contributed by atoms with E-state index in [4.69, 9.17) is 0 Å². The van der Waals surface area contributed by atoms with E-state index in [2.05, 4.69) is 103 Å². The smallest absolute Gasteiger partial charge is 0.0751 e. The zero-order valence-electron chi connectivity index (χ0n) is 13.9. The van der Waals surface area contributed by atoms with Gasteiger partial charge in [0.05, 0.1) is 0 Å². The maximum absolute atomic E-state index is 2.36. The minimum Gasteiger partial charge on any atom is -0.0751 e. The molecule has 2 aliphatic carbocycles. The van der Waals surface area contributed by atoms with Gasteiger partial charge < -0.3 is 0 Å². The molecule has 0 nitrogen and oxygen atoms in total. The van der Waals surface area contributed by atoms with E-state index in [9.17, 15) is 0 Å². The second-order valence-electron chi connectivity index (χ2n) is 6.60. The maximum atomic E-state index is 2.36. The minimum absolute atomic E-state index is 1.35. The summed E-state index contributed by atoms with van der Waals surface area (Å²) in [6.45, 7) is 0. The highest BCUT2D eigenvalue weighted by atomic mass is 28.3. The summed E-state index contributed by atoms with van der Waals surface area (Å²) in [6.07, 6.45) is 9.27. The van der Waals surface area contributed by atoms with Gasteiger partial charge in [0, 0.05) is 11.1 Å². The first-order valence-electron chi connectivity index (χ1n) is 8.75. The van der Waals surface area contributed by atoms with Crippen LogP contribution in [0.25, 0.3) is 12.2 Å². The van der Waals surface area contributed by atoms with Crippen LogP contribution < -0.4 is 5.19 Å². The topological polar surface area (TPSA) is 0 Å². The fraction of sp³-hybridized carbons (Fsp3) is 0. The Labute approximate surface area is 150 Å². The van der Waals surface area contributed by atoms with Gasteiger partial charge in [-0.1, -0.05) is 108 Å². The monoisotopic (exact) mass is 334 g/mol. The van der Waals surface area contributed by atoms with Gasteiger partial charge in [-0.2, -0.15) is 0 Å². The van der Waals surface area contributed by atoms with Gasteiger partial charge in [-0.25, -0.2) is 0 Å². The van der Waals surface area contributed by atoms with Crippen LogP contribution in [0.15, 0.2) is 91.0 Å². The van der Waals surface area contributed by atoms with Crippen molar-refractivity contribution in [3.63, 3.8) is 0 Å². The third-order valence-electron chi connectivity index (χ3n) is 5.18. The second kappa shape index (κ2) is 6.02. The van der Waals surface area contributed by atoms with Crippen molar-refractivity contribution in [3.8, 4) is 0 Å². The molecule has 0 saturated carbocycles. The van der Waals surface area contributed by atoms with E-state index in [0.717, 1.165) is 0 Å². The van der Waals surface area contributed by atoms with Gasteiger partial charge in [-0.3, -0.25) is 0 Å². The van der Waals surface area contributed by atoms with Crippen molar-refractivity contribution in [2.45, 2.75) is 0 Å². The molecule has 0 atom stereocenters. The van der Waals surface area contributed by atoms with Crippen LogP contribution >= 0.6 is 0 Å². The molecule has 3 aromatic rings. The molecule has 0 N–H and O–H groups in total. The molecule has 0 unspecified atom stereocenters. The van der Waals surface area contributed by atoms with Crippen LogP contribution in [0.3, 0.4) is 0 Å². The molecule has 5 rings (SSSR count). The van der Waals surface area contributed by atoms with Crippen LogP contribution in [-0.2, 0) is 0 Å². The van der Waals surface area contributed by atoms with E-state index in [1.54, 1.807) is 0 Å². The maximum Gasteiger partial charge on any atom is 0.104 e. The molecule has 0 spiro atoms. The van der Waals surface area contributed by atoms with E-state index in [0.29, 0.717) is 0 Å². The zero-order valence-corrected chi connectivity index (χ0v) is 15.0. The first-order valence-corrected chi connectivity index (χ1v) is 10.5.